The summed E-state index contributed by atoms with van der Waals surface area (Å²) in [7, 11) is 0. The van der Waals surface area contributed by atoms with Gasteiger partial charge in [0.15, 0.2) is 17.0 Å². The van der Waals surface area contributed by atoms with Crippen LogP contribution in [0.3, 0.4) is 0 Å². The summed E-state index contributed by atoms with van der Waals surface area (Å²) in [6.07, 6.45) is 4.95. The van der Waals surface area contributed by atoms with Crippen molar-refractivity contribution < 1.29 is 4.74 Å². The van der Waals surface area contributed by atoms with Gasteiger partial charge in [-0.25, -0.2) is 4.98 Å². The Morgan fingerprint density at radius 2 is 2.12 bits per heavy atom. The standard InChI is InChI=1S/C19H22N4O2/c1-4-25-14(3)15-10-13(2)12-23-18(15)21-17(16(11-20)19(23)24)22-8-6-5-7-9-22/h10,12H,3-9H2,1-2H3. The van der Waals surface area contributed by atoms with E-state index < -0.39 is 0 Å². The second-order valence-electron chi connectivity index (χ2n) is 6.26. The van der Waals surface area contributed by atoms with Gasteiger partial charge in [0.1, 0.15) is 11.8 Å². The van der Waals surface area contributed by atoms with Gasteiger partial charge in [0.25, 0.3) is 5.56 Å². The molecule has 0 aromatic carbocycles. The van der Waals surface area contributed by atoms with Gasteiger partial charge in [-0.3, -0.25) is 9.20 Å². The van der Waals surface area contributed by atoms with Crippen LogP contribution >= 0.6 is 0 Å². The molecule has 3 rings (SSSR count). The third kappa shape index (κ3) is 3.10. The summed E-state index contributed by atoms with van der Waals surface area (Å²) >= 11 is 0. The maximum Gasteiger partial charge on any atom is 0.278 e. The topological polar surface area (TPSA) is 70.6 Å². The first-order valence-electron chi connectivity index (χ1n) is 8.61. The van der Waals surface area contributed by atoms with Crippen LogP contribution in [0.5, 0.6) is 0 Å². The average molecular weight is 338 g/mol. The molecule has 0 radical (unpaired) electrons. The van der Waals surface area contributed by atoms with Crippen molar-refractivity contribution in [1.29, 1.82) is 5.26 Å². The third-order valence-corrected chi connectivity index (χ3v) is 4.43. The average Bonchev–Trinajstić information content (AvgIpc) is 2.62. The highest BCUT2D eigenvalue weighted by atomic mass is 16.5. The Morgan fingerprint density at radius 3 is 2.76 bits per heavy atom. The van der Waals surface area contributed by atoms with Crippen molar-refractivity contribution in [2.45, 2.75) is 33.1 Å². The van der Waals surface area contributed by atoms with Crippen LogP contribution in [-0.4, -0.2) is 29.1 Å². The molecule has 0 N–H and O–H groups in total. The molecule has 3 heterocycles. The predicted molar refractivity (Wildman–Crippen MR) is 97.6 cm³/mol. The zero-order valence-corrected chi connectivity index (χ0v) is 14.7. The van der Waals surface area contributed by atoms with E-state index in [-0.39, 0.29) is 11.1 Å². The first kappa shape index (κ1) is 17.0. The first-order valence-corrected chi connectivity index (χ1v) is 8.61. The van der Waals surface area contributed by atoms with Crippen molar-refractivity contribution in [1.82, 2.24) is 9.38 Å². The van der Waals surface area contributed by atoms with E-state index in [1.807, 2.05) is 24.8 Å². The molecule has 0 aliphatic carbocycles. The molecule has 2 aromatic heterocycles. The molecule has 2 aromatic rings. The lowest BCUT2D eigenvalue weighted by Gasteiger charge is -2.28. The second-order valence-corrected chi connectivity index (χ2v) is 6.26. The molecule has 1 saturated heterocycles. The monoisotopic (exact) mass is 338 g/mol. The zero-order chi connectivity index (χ0) is 18.0. The molecule has 130 valence electrons. The summed E-state index contributed by atoms with van der Waals surface area (Å²) in [5.74, 6) is 0.950. The lowest BCUT2D eigenvalue weighted by Crippen LogP contribution is -2.34. The van der Waals surface area contributed by atoms with Crippen LogP contribution in [0.1, 0.15) is 42.9 Å². The van der Waals surface area contributed by atoms with Crippen LogP contribution in [0.15, 0.2) is 23.6 Å². The maximum absolute atomic E-state index is 12.9. The Hall–Kier alpha value is -2.81. The number of aryl methyl sites for hydroxylation is 1. The summed E-state index contributed by atoms with van der Waals surface area (Å²) in [4.78, 5) is 19.6. The fraction of sp³-hybridized carbons (Fsp3) is 0.421. The van der Waals surface area contributed by atoms with Crippen LogP contribution < -0.4 is 10.5 Å². The van der Waals surface area contributed by atoms with Gasteiger partial charge in [-0.2, -0.15) is 5.26 Å². The van der Waals surface area contributed by atoms with Gasteiger partial charge in [-0.15, -0.1) is 0 Å². The molecule has 0 saturated carbocycles. The van der Waals surface area contributed by atoms with Gasteiger partial charge in [-0.1, -0.05) is 6.58 Å². The fourth-order valence-electron chi connectivity index (χ4n) is 3.25. The molecule has 6 heteroatoms. The Bertz CT molecular complexity index is 918. The number of anilines is 1. The van der Waals surface area contributed by atoms with E-state index in [1.165, 1.54) is 4.40 Å². The second kappa shape index (κ2) is 6.98. The van der Waals surface area contributed by atoms with Gasteiger partial charge in [0, 0.05) is 19.3 Å². The van der Waals surface area contributed by atoms with Crippen molar-refractivity contribution in [3.05, 3.63) is 45.9 Å². The van der Waals surface area contributed by atoms with Crippen molar-refractivity contribution in [3.63, 3.8) is 0 Å². The number of ether oxygens (including phenoxy) is 1. The predicted octanol–water partition coefficient (Wildman–Crippen LogP) is 2.87. The number of pyridine rings is 1. The van der Waals surface area contributed by atoms with E-state index >= 15 is 0 Å². The number of nitrogens with zero attached hydrogens (tertiary/aromatic N) is 4. The van der Waals surface area contributed by atoms with Gasteiger partial charge < -0.3 is 9.64 Å². The Labute approximate surface area is 147 Å². The lowest BCUT2D eigenvalue weighted by molar-refractivity contribution is 0.299. The summed E-state index contributed by atoms with van der Waals surface area (Å²) < 4.78 is 6.98. The third-order valence-electron chi connectivity index (χ3n) is 4.43. The summed E-state index contributed by atoms with van der Waals surface area (Å²) in [6.45, 7) is 9.84. The number of hydrogen-bond donors (Lipinski definition) is 0. The van der Waals surface area contributed by atoms with Gasteiger partial charge in [0.2, 0.25) is 0 Å². The minimum Gasteiger partial charge on any atom is -0.494 e. The van der Waals surface area contributed by atoms with Crippen LogP contribution in [0, 0.1) is 18.3 Å². The number of aromatic nitrogens is 2. The van der Waals surface area contributed by atoms with Crippen molar-refractivity contribution in [3.8, 4) is 6.07 Å². The van der Waals surface area contributed by atoms with Crippen LogP contribution in [0.4, 0.5) is 5.82 Å². The van der Waals surface area contributed by atoms with Gasteiger partial charge >= 0.3 is 0 Å². The molecular formula is C19H22N4O2. The Balaban J connectivity index is 2.29. The van der Waals surface area contributed by atoms with E-state index in [9.17, 15) is 10.1 Å². The highest BCUT2D eigenvalue weighted by molar-refractivity contribution is 5.73. The quantitative estimate of drug-likeness (QED) is 0.802. The smallest absolute Gasteiger partial charge is 0.278 e. The highest BCUT2D eigenvalue weighted by Gasteiger charge is 2.22. The highest BCUT2D eigenvalue weighted by Crippen LogP contribution is 2.25. The number of fused-ring (bicyclic) bond motifs is 1. The molecule has 6 nitrogen and oxygen atoms in total. The molecule has 1 aliphatic rings. The van der Waals surface area contributed by atoms with Gasteiger partial charge in [0.05, 0.1) is 12.2 Å². The van der Waals surface area contributed by atoms with E-state index in [2.05, 4.69) is 12.6 Å². The minimum atomic E-state index is -0.345. The Kier molecular flexibility index (Phi) is 4.75. The zero-order valence-electron chi connectivity index (χ0n) is 14.7. The molecular weight excluding hydrogens is 316 g/mol. The summed E-state index contributed by atoms with van der Waals surface area (Å²) in [6, 6.07) is 3.96. The van der Waals surface area contributed by atoms with E-state index in [0.717, 1.165) is 37.9 Å². The van der Waals surface area contributed by atoms with Crippen molar-refractivity contribution in [2.75, 3.05) is 24.6 Å². The van der Waals surface area contributed by atoms with Gasteiger partial charge in [-0.05, 0) is 44.7 Å². The largest absolute Gasteiger partial charge is 0.494 e. The molecule has 0 unspecified atom stereocenters. The molecule has 25 heavy (non-hydrogen) atoms. The molecule has 0 amide bonds. The van der Waals surface area contributed by atoms with E-state index in [1.54, 1.807) is 6.20 Å². The minimum absolute atomic E-state index is 0.0953. The number of piperidine rings is 1. The SMILES string of the molecule is C=C(OCC)c1cc(C)cn2c(=O)c(C#N)c(N3CCCCC3)nc12. The molecule has 1 aliphatic heterocycles. The van der Waals surface area contributed by atoms with Crippen LogP contribution in [0.25, 0.3) is 11.4 Å². The number of hydrogen-bond acceptors (Lipinski definition) is 5. The van der Waals surface area contributed by atoms with Crippen molar-refractivity contribution in [2.24, 2.45) is 0 Å². The molecule has 0 bridgehead atoms. The van der Waals surface area contributed by atoms with E-state index in [4.69, 9.17) is 9.72 Å². The molecule has 0 spiro atoms. The van der Waals surface area contributed by atoms with Crippen molar-refractivity contribution >= 4 is 17.2 Å². The maximum atomic E-state index is 12.9. The molecule has 1 fully saturated rings. The normalized spacial score (nSPS) is 14.4. The number of nitriles is 1. The summed E-state index contributed by atoms with van der Waals surface area (Å²) in [5, 5.41) is 9.55. The fourth-order valence-corrected chi connectivity index (χ4v) is 3.25. The summed E-state index contributed by atoms with van der Waals surface area (Å²) in [5.41, 5.74) is 1.79. The first-order chi connectivity index (χ1) is 12.1. The Morgan fingerprint density at radius 1 is 1.40 bits per heavy atom. The van der Waals surface area contributed by atoms with Crippen LogP contribution in [-0.2, 0) is 4.74 Å². The van der Waals surface area contributed by atoms with E-state index in [0.29, 0.717) is 29.4 Å². The lowest BCUT2D eigenvalue weighted by atomic mass is 10.1. The molecule has 0 atom stereocenters. The number of rotatable bonds is 4. The van der Waals surface area contributed by atoms with Crippen LogP contribution in [0.2, 0.25) is 0 Å².